The van der Waals surface area contributed by atoms with Gasteiger partial charge in [-0.25, -0.2) is 4.98 Å². The highest BCUT2D eigenvalue weighted by atomic mass is 32.1. The van der Waals surface area contributed by atoms with Crippen LogP contribution in [0.2, 0.25) is 0 Å². The highest BCUT2D eigenvalue weighted by Gasteiger charge is 2.28. The molecule has 1 atom stereocenters. The average molecular weight is 320 g/mol. The van der Waals surface area contributed by atoms with Gasteiger partial charge in [-0.05, 0) is 26.3 Å². The Morgan fingerprint density at radius 2 is 2.45 bits per heavy atom. The van der Waals surface area contributed by atoms with Crippen molar-refractivity contribution in [1.82, 2.24) is 19.9 Å². The molecule has 0 unspecified atom stereocenters. The van der Waals surface area contributed by atoms with E-state index in [0.29, 0.717) is 11.6 Å². The molecule has 0 bridgehead atoms. The molecule has 2 aromatic rings. The lowest BCUT2D eigenvalue weighted by Gasteiger charge is -2.21. The summed E-state index contributed by atoms with van der Waals surface area (Å²) in [7, 11) is 2.13. The van der Waals surface area contributed by atoms with Gasteiger partial charge >= 0.3 is 0 Å². The zero-order valence-electron chi connectivity index (χ0n) is 12.9. The van der Waals surface area contributed by atoms with Gasteiger partial charge in [0.25, 0.3) is 5.91 Å². The van der Waals surface area contributed by atoms with Crippen LogP contribution >= 0.6 is 11.3 Å². The van der Waals surface area contributed by atoms with E-state index in [9.17, 15) is 4.79 Å². The Morgan fingerprint density at radius 3 is 3.14 bits per heavy atom. The van der Waals surface area contributed by atoms with Crippen LogP contribution < -0.4 is 0 Å². The average Bonchev–Trinajstić information content (AvgIpc) is 3.21. The molecule has 1 fully saturated rings. The van der Waals surface area contributed by atoms with Crippen molar-refractivity contribution in [2.45, 2.75) is 19.9 Å². The lowest BCUT2D eigenvalue weighted by atomic mass is 10.1. The Bertz CT molecular complexity index is 625. The van der Waals surface area contributed by atoms with Gasteiger partial charge in [0.15, 0.2) is 5.69 Å². The molecule has 118 valence electrons. The third kappa shape index (κ3) is 3.36. The molecule has 3 rings (SSSR count). The van der Waals surface area contributed by atoms with Crippen molar-refractivity contribution in [3.63, 3.8) is 0 Å². The zero-order valence-corrected chi connectivity index (χ0v) is 13.7. The first-order valence-corrected chi connectivity index (χ1v) is 8.28. The van der Waals surface area contributed by atoms with Gasteiger partial charge in [0.1, 0.15) is 6.26 Å². The quantitative estimate of drug-likeness (QED) is 0.843. The number of amides is 1. The normalized spacial score (nSPS) is 18.3. The van der Waals surface area contributed by atoms with E-state index < -0.39 is 0 Å². The standard InChI is InChI=1S/C15H20N4O2S/c1-11-14(22-10-16-11)9-18(2)7-12-3-5-19(8-12)15(20)13-4-6-21-17-13/h4,6,10,12H,3,5,7-9H2,1-2H3/t12-/m1/s1. The second-order valence-corrected chi connectivity index (χ2v) is 6.79. The largest absolute Gasteiger partial charge is 0.364 e. The van der Waals surface area contributed by atoms with Gasteiger partial charge in [-0.1, -0.05) is 5.16 Å². The fourth-order valence-electron chi connectivity index (χ4n) is 2.88. The lowest BCUT2D eigenvalue weighted by Crippen LogP contribution is -2.31. The predicted molar refractivity (Wildman–Crippen MR) is 83.7 cm³/mol. The van der Waals surface area contributed by atoms with Crippen molar-refractivity contribution in [1.29, 1.82) is 0 Å². The second-order valence-electron chi connectivity index (χ2n) is 5.85. The van der Waals surface area contributed by atoms with Crippen LogP contribution in [0, 0.1) is 12.8 Å². The fraction of sp³-hybridized carbons (Fsp3) is 0.533. The number of carbonyl (C=O) groups is 1. The topological polar surface area (TPSA) is 62.5 Å². The molecule has 0 saturated carbocycles. The van der Waals surface area contributed by atoms with Crippen LogP contribution in [0.25, 0.3) is 0 Å². The van der Waals surface area contributed by atoms with E-state index in [2.05, 4.69) is 22.1 Å². The number of likely N-dealkylation sites (tertiary alicyclic amines) is 1. The van der Waals surface area contributed by atoms with Gasteiger partial charge < -0.3 is 14.3 Å². The summed E-state index contributed by atoms with van der Waals surface area (Å²) in [6, 6.07) is 1.62. The molecule has 6 nitrogen and oxygen atoms in total. The first-order chi connectivity index (χ1) is 10.6. The molecular formula is C15H20N4O2S. The highest BCUT2D eigenvalue weighted by Crippen LogP contribution is 2.21. The summed E-state index contributed by atoms with van der Waals surface area (Å²) in [6.45, 7) is 5.54. The van der Waals surface area contributed by atoms with E-state index in [4.69, 9.17) is 4.52 Å². The lowest BCUT2D eigenvalue weighted by molar-refractivity contribution is 0.0774. The minimum atomic E-state index is -0.0304. The number of hydrogen-bond donors (Lipinski definition) is 0. The van der Waals surface area contributed by atoms with Gasteiger partial charge in [-0.15, -0.1) is 11.3 Å². The van der Waals surface area contributed by atoms with E-state index >= 15 is 0 Å². The van der Waals surface area contributed by atoms with Crippen molar-refractivity contribution in [2.75, 3.05) is 26.7 Å². The maximum atomic E-state index is 12.2. The highest BCUT2D eigenvalue weighted by molar-refractivity contribution is 7.09. The van der Waals surface area contributed by atoms with E-state index in [-0.39, 0.29) is 5.91 Å². The monoisotopic (exact) mass is 320 g/mol. The van der Waals surface area contributed by atoms with Gasteiger partial charge in [0, 0.05) is 37.1 Å². The first-order valence-electron chi connectivity index (χ1n) is 7.40. The number of aryl methyl sites for hydroxylation is 1. The van der Waals surface area contributed by atoms with E-state index in [0.717, 1.165) is 38.3 Å². The van der Waals surface area contributed by atoms with Gasteiger partial charge in [0.05, 0.1) is 11.2 Å². The molecule has 0 aliphatic carbocycles. The summed E-state index contributed by atoms with van der Waals surface area (Å²) in [5.74, 6) is 0.478. The Hall–Kier alpha value is -1.73. The summed E-state index contributed by atoms with van der Waals surface area (Å²) in [5.41, 5.74) is 3.41. The summed E-state index contributed by atoms with van der Waals surface area (Å²) < 4.78 is 4.75. The number of carbonyl (C=O) groups excluding carboxylic acids is 1. The van der Waals surface area contributed by atoms with Crippen LogP contribution in [0.5, 0.6) is 0 Å². The number of hydrogen-bond acceptors (Lipinski definition) is 6. The van der Waals surface area contributed by atoms with Crippen molar-refractivity contribution in [2.24, 2.45) is 5.92 Å². The maximum Gasteiger partial charge on any atom is 0.276 e. The zero-order chi connectivity index (χ0) is 15.5. The molecule has 0 N–H and O–H groups in total. The molecular weight excluding hydrogens is 300 g/mol. The van der Waals surface area contributed by atoms with Gasteiger partial charge in [0.2, 0.25) is 0 Å². The number of aromatic nitrogens is 2. The summed E-state index contributed by atoms with van der Waals surface area (Å²) >= 11 is 1.70. The Kier molecular flexibility index (Phi) is 4.54. The first kappa shape index (κ1) is 15.2. The molecule has 7 heteroatoms. The van der Waals surface area contributed by atoms with Crippen LogP contribution in [0.15, 0.2) is 22.4 Å². The van der Waals surface area contributed by atoms with E-state index in [1.807, 2.05) is 17.3 Å². The number of thiazole rings is 1. The minimum Gasteiger partial charge on any atom is -0.364 e. The fourth-order valence-corrected chi connectivity index (χ4v) is 3.74. The molecule has 22 heavy (non-hydrogen) atoms. The molecule has 1 amide bonds. The maximum absolute atomic E-state index is 12.2. The summed E-state index contributed by atoms with van der Waals surface area (Å²) in [5, 5.41) is 3.72. The third-order valence-electron chi connectivity index (χ3n) is 4.06. The third-order valence-corrected chi connectivity index (χ3v) is 4.98. The van der Waals surface area contributed by atoms with E-state index in [1.165, 1.54) is 11.1 Å². The van der Waals surface area contributed by atoms with E-state index in [1.54, 1.807) is 17.4 Å². The molecule has 0 radical (unpaired) electrons. The van der Waals surface area contributed by atoms with Crippen molar-refractivity contribution >= 4 is 17.2 Å². The minimum absolute atomic E-state index is 0.0304. The molecule has 2 aromatic heterocycles. The molecule has 0 spiro atoms. The van der Waals surface area contributed by atoms with Crippen molar-refractivity contribution in [3.8, 4) is 0 Å². The number of rotatable bonds is 5. The molecule has 1 saturated heterocycles. The van der Waals surface area contributed by atoms with Crippen LogP contribution in [-0.2, 0) is 6.54 Å². The molecule has 0 aromatic carbocycles. The van der Waals surface area contributed by atoms with Crippen LogP contribution in [0.4, 0.5) is 0 Å². The predicted octanol–water partition coefficient (Wildman–Crippen LogP) is 2.03. The molecule has 1 aliphatic rings. The molecule has 1 aliphatic heterocycles. The SMILES string of the molecule is Cc1ncsc1CN(C)C[C@H]1CCN(C(=O)c2ccon2)C1. The smallest absolute Gasteiger partial charge is 0.276 e. The second kappa shape index (κ2) is 6.58. The Morgan fingerprint density at radius 1 is 1.59 bits per heavy atom. The van der Waals surface area contributed by atoms with Gasteiger partial charge in [-0.3, -0.25) is 4.79 Å². The van der Waals surface area contributed by atoms with Crippen LogP contribution in [-0.4, -0.2) is 52.5 Å². The Labute approximate surface area is 133 Å². The Balaban J connectivity index is 1.50. The molecule has 3 heterocycles. The van der Waals surface area contributed by atoms with Gasteiger partial charge in [-0.2, -0.15) is 0 Å². The summed E-state index contributed by atoms with van der Waals surface area (Å²) in [4.78, 5) is 22.0. The van der Waals surface area contributed by atoms with Crippen LogP contribution in [0.1, 0.15) is 27.5 Å². The number of nitrogens with zero attached hydrogens (tertiary/aromatic N) is 4. The van der Waals surface area contributed by atoms with Crippen LogP contribution in [0.3, 0.4) is 0 Å². The van der Waals surface area contributed by atoms with Crippen molar-refractivity contribution < 1.29 is 9.32 Å². The van der Waals surface area contributed by atoms with Crippen molar-refractivity contribution in [3.05, 3.63) is 34.1 Å². The summed E-state index contributed by atoms with van der Waals surface area (Å²) in [6.07, 6.45) is 2.47.